The maximum atomic E-state index is 13.5. The third-order valence-electron chi connectivity index (χ3n) is 7.18. The molecule has 3 aromatic carbocycles. The molecule has 1 saturated heterocycles. The highest BCUT2D eigenvalue weighted by Gasteiger charge is 2.29. The minimum absolute atomic E-state index is 0.0635. The van der Waals surface area contributed by atoms with Crippen LogP contribution in [0.15, 0.2) is 78.9 Å². The number of aromatic nitrogens is 1. The Morgan fingerprint density at radius 2 is 1.58 bits per heavy atom. The van der Waals surface area contributed by atoms with Gasteiger partial charge in [0.1, 0.15) is 5.75 Å². The summed E-state index contributed by atoms with van der Waals surface area (Å²) in [5.41, 5.74) is 5.66. The number of aryl methyl sites for hydroxylation is 1. The van der Waals surface area contributed by atoms with E-state index in [0.29, 0.717) is 37.9 Å². The van der Waals surface area contributed by atoms with E-state index in [4.69, 9.17) is 9.72 Å². The monoisotopic (exact) mass is 478 g/mol. The topological polar surface area (TPSA) is 59.5 Å². The summed E-state index contributed by atoms with van der Waals surface area (Å²) < 4.78 is 5.19. The number of ketones is 1. The Hall–Kier alpha value is -3.99. The fourth-order valence-electron chi connectivity index (χ4n) is 5.17. The molecule has 0 unspecified atom stereocenters. The van der Waals surface area contributed by atoms with Crippen LogP contribution in [0.1, 0.15) is 34.5 Å². The number of Topliss-reactive ketones (excluding diaryl/α,β-unsaturated/α-hetero) is 1. The van der Waals surface area contributed by atoms with Crippen LogP contribution in [0.25, 0.3) is 22.0 Å². The first-order chi connectivity index (χ1) is 17.5. The van der Waals surface area contributed by atoms with Crippen molar-refractivity contribution in [2.24, 2.45) is 5.92 Å². The highest BCUT2D eigenvalue weighted by Crippen LogP contribution is 2.34. The van der Waals surface area contributed by atoms with Gasteiger partial charge in [-0.3, -0.25) is 14.6 Å². The maximum Gasteiger partial charge on any atom is 0.227 e. The third kappa shape index (κ3) is 4.74. The highest BCUT2D eigenvalue weighted by molar-refractivity contribution is 5.99. The second-order valence-corrected chi connectivity index (χ2v) is 9.36. The van der Waals surface area contributed by atoms with Crippen LogP contribution >= 0.6 is 0 Å². The van der Waals surface area contributed by atoms with Gasteiger partial charge in [0.2, 0.25) is 5.91 Å². The average molecular weight is 479 g/mol. The lowest BCUT2D eigenvalue weighted by atomic mass is 9.88. The summed E-state index contributed by atoms with van der Waals surface area (Å²) in [6.45, 7) is 3.17. The second-order valence-electron chi connectivity index (χ2n) is 9.36. The number of ether oxygens (including phenoxy) is 1. The number of rotatable bonds is 6. The number of amides is 1. The van der Waals surface area contributed by atoms with Gasteiger partial charge in [-0.2, -0.15) is 0 Å². The van der Waals surface area contributed by atoms with Crippen molar-refractivity contribution in [3.63, 3.8) is 0 Å². The molecule has 0 N–H and O–H groups in total. The zero-order valence-corrected chi connectivity index (χ0v) is 20.7. The van der Waals surface area contributed by atoms with Gasteiger partial charge < -0.3 is 9.64 Å². The van der Waals surface area contributed by atoms with Gasteiger partial charge in [0.25, 0.3) is 0 Å². The summed E-state index contributed by atoms with van der Waals surface area (Å²) in [6.07, 6.45) is 1.65. The van der Waals surface area contributed by atoms with Gasteiger partial charge in [0.15, 0.2) is 5.78 Å². The number of nitrogens with zero attached hydrogens (tertiary/aromatic N) is 2. The molecule has 0 aliphatic carbocycles. The first-order valence-electron chi connectivity index (χ1n) is 12.4. The van der Waals surface area contributed by atoms with E-state index in [1.807, 2.05) is 72.5 Å². The van der Waals surface area contributed by atoms with Crippen LogP contribution in [-0.2, 0) is 11.2 Å². The first kappa shape index (κ1) is 23.7. The number of benzene rings is 3. The van der Waals surface area contributed by atoms with Gasteiger partial charge in [0.05, 0.1) is 19.0 Å². The minimum atomic E-state index is -0.0635. The van der Waals surface area contributed by atoms with Crippen molar-refractivity contribution < 1.29 is 14.3 Å². The summed E-state index contributed by atoms with van der Waals surface area (Å²) in [5, 5.41) is 1.06. The molecule has 182 valence electrons. The average Bonchev–Trinajstić information content (AvgIpc) is 2.93. The van der Waals surface area contributed by atoms with Crippen molar-refractivity contribution in [3.05, 3.63) is 95.7 Å². The molecular weight excluding hydrogens is 448 g/mol. The van der Waals surface area contributed by atoms with E-state index < -0.39 is 0 Å². The number of para-hydroxylation sites is 1. The molecule has 1 amide bonds. The molecule has 1 aliphatic rings. The van der Waals surface area contributed by atoms with Crippen molar-refractivity contribution in [1.29, 1.82) is 0 Å². The molecular formula is C31H30N2O3. The van der Waals surface area contributed by atoms with Crippen LogP contribution in [-0.4, -0.2) is 41.8 Å². The molecule has 0 radical (unpaired) electrons. The van der Waals surface area contributed by atoms with Crippen molar-refractivity contribution >= 4 is 22.6 Å². The molecule has 0 bridgehead atoms. The molecule has 36 heavy (non-hydrogen) atoms. The Labute approximate surface area is 211 Å². The molecule has 0 atom stereocenters. The van der Waals surface area contributed by atoms with E-state index in [-0.39, 0.29) is 17.6 Å². The number of hydrogen-bond donors (Lipinski definition) is 0. The summed E-state index contributed by atoms with van der Waals surface area (Å²) in [5.74, 6) is 0.903. The van der Waals surface area contributed by atoms with E-state index in [1.54, 1.807) is 7.11 Å². The van der Waals surface area contributed by atoms with Gasteiger partial charge in [-0.25, -0.2) is 0 Å². The number of fused-ring (bicyclic) bond motifs is 1. The predicted molar refractivity (Wildman–Crippen MR) is 142 cm³/mol. The normalized spacial score (nSPS) is 14.1. The molecule has 5 heteroatoms. The number of carbonyl (C=O) groups excluding carboxylic acids is 2. The van der Waals surface area contributed by atoms with Crippen LogP contribution in [0.3, 0.4) is 0 Å². The summed E-state index contributed by atoms with van der Waals surface area (Å²) in [4.78, 5) is 33.2. The van der Waals surface area contributed by atoms with E-state index in [1.165, 1.54) is 0 Å². The fraction of sp³-hybridized carbons (Fsp3) is 0.258. The lowest BCUT2D eigenvalue weighted by molar-refractivity contribution is -0.131. The first-order valence-corrected chi connectivity index (χ1v) is 12.4. The molecule has 1 aliphatic heterocycles. The van der Waals surface area contributed by atoms with E-state index in [9.17, 15) is 9.59 Å². The van der Waals surface area contributed by atoms with Gasteiger partial charge in [0, 0.05) is 35.7 Å². The number of piperidine rings is 1. The van der Waals surface area contributed by atoms with Crippen LogP contribution in [0.4, 0.5) is 0 Å². The summed E-state index contributed by atoms with van der Waals surface area (Å²) in [7, 11) is 1.61. The minimum Gasteiger partial charge on any atom is -0.497 e. The van der Waals surface area contributed by atoms with Crippen molar-refractivity contribution in [2.75, 3.05) is 20.2 Å². The Bertz CT molecular complexity index is 1390. The van der Waals surface area contributed by atoms with E-state index >= 15 is 0 Å². The number of hydrogen-bond acceptors (Lipinski definition) is 4. The second kappa shape index (κ2) is 10.3. The maximum absolute atomic E-state index is 13.5. The molecule has 0 spiro atoms. The number of pyridine rings is 1. The van der Waals surface area contributed by atoms with Crippen LogP contribution in [0, 0.1) is 12.8 Å². The molecule has 5 rings (SSSR count). The summed E-state index contributed by atoms with van der Waals surface area (Å²) >= 11 is 0. The standard InChI is InChI=1S/C31H30N2O3/c1-21-27(30(22-8-4-3-5-9-22)26-10-6-7-11-28(26)32-21)20-29(34)33-18-16-24(17-19-33)31(35)23-12-14-25(36-2)15-13-23/h3-15,24H,16-20H2,1-2H3. The smallest absolute Gasteiger partial charge is 0.227 e. The predicted octanol–water partition coefficient (Wildman–Crippen LogP) is 5.88. The van der Waals surface area contributed by atoms with E-state index in [2.05, 4.69) is 18.2 Å². The van der Waals surface area contributed by atoms with Gasteiger partial charge in [-0.05, 0) is 66.8 Å². The van der Waals surface area contributed by atoms with Gasteiger partial charge in [-0.1, -0.05) is 48.5 Å². The van der Waals surface area contributed by atoms with Crippen molar-refractivity contribution in [1.82, 2.24) is 9.88 Å². The van der Waals surface area contributed by atoms with Gasteiger partial charge in [-0.15, -0.1) is 0 Å². The zero-order chi connectivity index (χ0) is 25.1. The lowest BCUT2D eigenvalue weighted by Gasteiger charge is -2.32. The SMILES string of the molecule is COc1ccc(C(=O)C2CCN(C(=O)Cc3c(C)nc4ccccc4c3-c3ccccc3)CC2)cc1. The van der Waals surface area contributed by atoms with Gasteiger partial charge >= 0.3 is 0 Å². The van der Waals surface area contributed by atoms with E-state index in [0.717, 1.165) is 39.0 Å². The van der Waals surface area contributed by atoms with Crippen LogP contribution in [0.2, 0.25) is 0 Å². The summed E-state index contributed by atoms with van der Waals surface area (Å²) in [6, 6.07) is 25.6. The Kier molecular flexibility index (Phi) is 6.81. The molecule has 2 heterocycles. The molecule has 4 aromatic rings. The fourth-order valence-corrected chi connectivity index (χ4v) is 5.17. The zero-order valence-electron chi connectivity index (χ0n) is 20.7. The Balaban J connectivity index is 1.34. The largest absolute Gasteiger partial charge is 0.497 e. The number of carbonyl (C=O) groups is 2. The molecule has 1 aromatic heterocycles. The Morgan fingerprint density at radius 3 is 2.28 bits per heavy atom. The third-order valence-corrected chi connectivity index (χ3v) is 7.18. The quantitative estimate of drug-likeness (QED) is 0.325. The molecule has 5 nitrogen and oxygen atoms in total. The number of likely N-dealkylation sites (tertiary alicyclic amines) is 1. The van der Waals surface area contributed by atoms with Crippen LogP contribution in [0.5, 0.6) is 5.75 Å². The number of methoxy groups -OCH3 is 1. The lowest BCUT2D eigenvalue weighted by Crippen LogP contribution is -2.41. The van der Waals surface area contributed by atoms with Crippen LogP contribution < -0.4 is 4.74 Å². The highest BCUT2D eigenvalue weighted by atomic mass is 16.5. The van der Waals surface area contributed by atoms with Crippen molar-refractivity contribution in [2.45, 2.75) is 26.2 Å². The van der Waals surface area contributed by atoms with Crippen molar-refractivity contribution in [3.8, 4) is 16.9 Å². The molecule has 0 saturated carbocycles. The Morgan fingerprint density at radius 1 is 0.917 bits per heavy atom. The molecule has 1 fully saturated rings.